The lowest BCUT2D eigenvalue weighted by Crippen LogP contribution is -2.14. The molecule has 0 aliphatic heterocycles. The van der Waals surface area contributed by atoms with E-state index in [9.17, 15) is 19.5 Å². The smallest absolute Gasteiger partial charge is 0.146 e. The van der Waals surface area contributed by atoms with Crippen molar-refractivity contribution in [1.29, 1.82) is 0 Å². The first-order valence-corrected chi connectivity index (χ1v) is 39.1. The van der Waals surface area contributed by atoms with Crippen LogP contribution < -0.4 is 0 Å². The summed E-state index contributed by atoms with van der Waals surface area (Å²) in [6.45, 7) is 1.80. The summed E-state index contributed by atoms with van der Waals surface area (Å²) < 4.78 is 9.51. The molecule has 1 N–H and O–H groups in total. The first-order valence-electron chi connectivity index (χ1n) is 32.5. The van der Waals surface area contributed by atoms with Crippen LogP contribution in [-0.4, -0.2) is 51.1 Å². The number of alkyl halides is 1. The molecule has 3 aliphatic rings. The molecule has 498 valence electrons. The van der Waals surface area contributed by atoms with Crippen molar-refractivity contribution in [3.63, 3.8) is 0 Å². The number of ketones is 3. The highest BCUT2D eigenvalue weighted by Gasteiger charge is 2.28. The predicted octanol–water partition coefficient (Wildman–Crippen LogP) is 23.3. The number of hydrogen-bond acceptors (Lipinski definition) is 7. The van der Waals surface area contributed by atoms with Crippen LogP contribution in [0.25, 0.3) is 51.2 Å². The zero-order chi connectivity index (χ0) is 67.3. The molecule has 0 saturated heterocycles. The largest absolute Gasteiger partial charge is 0.390 e. The van der Waals surface area contributed by atoms with Gasteiger partial charge < -0.3 is 5.11 Å². The van der Waals surface area contributed by atoms with E-state index in [0.29, 0.717) is 108 Å². The Kier molecular flexibility index (Phi) is 27.7. The summed E-state index contributed by atoms with van der Waals surface area (Å²) in [6, 6.07) is 40.6. The first kappa shape index (κ1) is 74.0. The summed E-state index contributed by atoms with van der Waals surface area (Å²) in [6.07, 6.45) is 21.0. The summed E-state index contributed by atoms with van der Waals surface area (Å²) >= 11 is 48.5. The van der Waals surface area contributed by atoms with E-state index in [4.69, 9.17) is 84.6 Å². The van der Waals surface area contributed by atoms with Gasteiger partial charge in [0, 0.05) is 89.8 Å². The highest BCUT2D eigenvalue weighted by Crippen LogP contribution is 2.39. The fourth-order valence-corrected chi connectivity index (χ4v) is 16.5. The minimum atomic E-state index is -0.226. The molecule has 6 aromatic carbocycles. The van der Waals surface area contributed by atoms with Gasteiger partial charge in [-0.2, -0.15) is 0 Å². The average molecular weight is 1800 g/mol. The molecule has 9 aromatic rings. The number of benzene rings is 6. The van der Waals surface area contributed by atoms with E-state index in [1.54, 1.807) is 24.3 Å². The molecule has 95 heavy (non-hydrogen) atoms. The Hall–Kier alpha value is -3.67. The number of Topliss-reactive ketones (excluding diaryl/α,β-unsaturated/α-hetero) is 3. The third-order valence-electron chi connectivity index (χ3n) is 18.2. The third kappa shape index (κ3) is 19.7. The number of aromatic nitrogens is 6. The standard InChI is InChI=1S/C25H24BrCl2IN2O.C25H25Cl2IN2O2.C25H25Cl2IN2O/c26-15-24-23(14-20(32)12-16-4-2-1-3-5-16)30-25(21-11-6-17(27)13-22(21)28)31(24)19-9-7-18(29)8-10-19;26-17-6-11-21(22(27)13-17)25-29-23(14-20(32)12-16-4-2-1-3-5-16)24(15-31)30(25)19-9-7-18(28)8-10-19;1-16-24(15-21(31)13-17-5-3-2-4-6-17)29-25(22-12-7-18(26)14-23(22)27)30(16)20-10-8-19(28)9-11-20/h6-11,13,16H,1-5,12,14-15H2;6-11,13,16,31H,1-5,12,14-15H2;7-12,14,17H,2-6,13,15H2,1H3. The van der Waals surface area contributed by atoms with E-state index in [-0.39, 0.29) is 30.4 Å². The Balaban J connectivity index is 0.000000155. The van der Waals surface area contributed by atoms with Gasteiger partial charge >= 0.3 is 0 Å². The van der Waals surface area contributed by atoms with Crippen molar-refractivity contribution < 1.29 is 19.5 Å². The van der Waals surface area contributed by atoms with Gasteiger partial charge in [0.25, 0.3) is 0 Å². The zero-order valence-corrected chi connectivity index (χ0v) is 65.3. The molecule has 3 fully saturated rings. The second kappa shape index (κ2) is 35.6. The van der Waals surface area contributed by atoms with Gasteiger partial charge in [-0.15, -0.1) is 0 Å². The Bertz CT molecular complexity index is 3960. The van der Waals surface area contributed by atoms with Crippen LogP contribution in [0.1, 0.15) is 150 Å². The quantitative estimate of drug-likeness (QED) is 0.0595. The van der Waals surface area contributed by atoms with Crippen LogP contribution in [-0.2, 0) is 45.6 Å². The molecule has 20 heteroatoms. The van der Waals surface area contributed by atoms with Gasteiger partial charge in [-0.25, -0.2) is 15.0 Å². The highest BCUT2D eigenvalue weighted by molar-refractivity contribution is 14.1. The van der Waals surface area contributed by atoms with Gasteiger partial charge in [0.05, 0.1) is 69.4 Å². The van der Waals surface area contributed by atoms with Crippen LogP contribution >= 0.6 is 153 Å². The van der Waals surface area contributed by atoms with Crippen LogP contribution in [0.4, 0.5) is 0 Å². The maximum Gasteiger partial charge on any atom is 0.146 e. The summed E-state index contributed by atoms with van der Waals surface area (Å²) in [5.41, 5.74) is 9.94. The first-order chi connectivity index (χ1) is 45.8. The normalized spacial score (nSPS) is 14.7. The van der Waals surface area contributed by atoms with Crippen LogP contribution in [0.5, 0.6) is 0 Å². The number of nitrogens with zero attached hydrogens (tertiary/aromatic N) is 6. The van der Waals surface area contributed by atoms with Gasteiger partial charge in [0.1, 0.15) is 34.8 Å². The number of carbonyl (C=O) groups is 3. The van der Waals surface area contributed by atoms with Crippen LogP contribution in [0.15, 0.2) is 127 Å². The fourth-order valence-electron chi connectivity index (χ4n) is 13.4. The molecule has 3 saturated carbocycles. The van der Waals surface area contributed by atoms with E-state index in [2.05, 4.69) is 141 Å². The lowest BCUT2D eigenvalue weighted by molar-refractivity contribution is -0.120. The lowest BCUT2D eigenvalue weighted by Gasteiger charge is -2.20. The van der Waals surface area contributed by atoms with Gasteiger partial charge in [-0.1, -0.05) is 182 Å². The lowest BCUT2D eigenvalue weighted by atomic mass is 9.85. The number of hydrogen-bond donors (Lipinski definition) is 1. The van der Waals surface area contributed by atoms with Gasteiger partial charge in [0.2, 0.25) is 0 Å². The molecule has 3 aliphatic carbocycles. The van der Waals surface area contributed by atoms with Gasteiger partial charge in [0.15, 0.2) is 0 Å². The SMILES string of the molecule is Cc1c(CC(=O)CC2CCCCC2)nc(-c2ccc(Cl)cc2Cl)n1-c1ccc(I)cc1.O=C(Cc1nc(-c2ccc(Cl)cc2Cl)n(-c2ccc(I)cc2)c1CBr)CC1CCCCC1.O=C(Cc1nc(-c2ccc(Cl)cc2Cl)n(-c2ccc(I)cc2)c1CO)CC1CCCCC1. The van der Waals surface area contributed by atoms with E-state index in [0.717, 1.165) is 86.2 Å². The second-order valence-electron chi connectivity index (χ2n) is 25.0. The number of aliphatic hydroxyl groups is 1. The summed E-state index contributed by atoms with van der Waals surface area (Å²) in [7, 11) is 0. The Morgan fingerprint density at radius 3 is 1.05 bits per heavy atom. The Morgan fingerprint density at radius 1 is 0.432 bits per heavy atom. The Morgan fingerprint density at radius 2 is 0.726 bits per heavy atom. The van der Waals surface area contributed by atoms with E-state index in [1.807, 2.05) is 66.1 Å². The molecule has 3 aromatic heterocycles. The molecule has 0 atom stereocenters. The average Bonchev–Trinajstić information content (AvgIpc) is 1.65. The van der Waals surface area contributed by atoms with Crippen molar-refractivity contribution in [2.45, 2.75) is 154 Å². The Labute approximate surface area is 636 Å². The van der Waals surface area contributed by atoms with E-state index < -0.39 is 0 Å². The fraction of sp³-hybridized carbons (Fsp3) is 0.360. The molecule has 12 rings (SSSR count). The van der Waals surface area contributed by atoms with Crippen molar-refractivity contribution in [3.05, 3.63) is 202 Å². The van der Waals surface area contributed by atoms with Crippen molar-refractivity contribution in [2.24, 2.45) is 17.8 Å². The number of imidazole rings is 3. The van der Waals surface area contributed by atoms with Crippen molar-refractivity contribution in [1.82, 2.24) is 28.7 Å². The number of aliphatic hydroxyl groups excluding tert-OH is 1. The molecule has 10 nitrogen and oxygen atoms in total. The molecule has 0 amide bonds. The second-order valence-corrected chi connectivity index (χ2v) is 31.8. The molecular weight excluding hydrogens is 1720 g/mol. The minimum Gasteiger partial charge on any atom is -0.390 e. The summed E-state index contributed by atoms with van der Waals surface area (Å²) in [5, 5.41) is 14.1. The van der Waals surface area contributed by atoms with E-state index >= 15 is 0 Å². The molecule has 0 radical (unpaired) electrons. The maximum absolute atomic E-state index is 13.0. The molecule has 3 heterocycles. The highest BCUT2D eigenvalue weighted by atomic mass is 127. The monoisotopic (exact) mass is 1790 g/mol. The van der Waals surface area contributed by atoms with Gasteiger partial charge in [-0.3, -0.25) is 28.1 Å². The van der Waals surface area contributed by atoms with Crippen LogP contribution in [0.3, 0.4) is 0 Å². The molecule has 0 spiro atoms. The molecule has 0 unspecified atom stereocenters. The molecular formula is C75H74BrCl6I3N6O4. The minimum absolute atomic E-state index is 0.174. The van der Waals surface area contributed by atoms with Crippen molar-refractivity contribution >= 4 is 171 Å². The predicted molar refractivity (Wildman–Crippen MR) is 418 cm³/mol. The summed E-state index contributed by atoms with van der Waals surface area (Å²) in [4.78, 5) is 53.5. The number of carbonyl (C=O) groups excluding carboxylic acids is 3. The van der Waals surface area contributed by atoms with Crippen LogP contribution in [0.2, 0.25) is 30.1 Å². The van der Waals surface area contributed by atoms with Crippen LogP contribution in [0, 0.1) is 35.4 Å². The summed E-state index contributed by atoms with van der Waals surface area (Å²) in [5.74, 6) is 4.29. The number of rotatable bonds is 20. The molecule has 0 bridgehead atoms. The van der Waals surface area contributed by atoms with E-state index in [1.165, 1.54) is 83.5 Å². The number of halogens is 10. The van der Waals surface area contributed by atoms with Gasteiger partial charge in [-0.05, 0) is 220 Å². The van der Waals surface area contributed by atoms with Crippen molar-refractivity contribution in [2.75, 3.05) is 0 Å². The zero-order valence-electron chi connectivity index (χ0n) is 52.8. The maximum atomic E-state index is 13.0. The third-order valence-corrected chi connectivity index (χ3v) is 22.5. The topological polar surface area (TPSA) is 125 Å². The van der Waals surface area contributed by atoms with Crippen molar-refractivity contribution in [3.8, 4) is 51.2 Å².